The Morgan fingerprint density at radius 3 is 2.67 bits per heavy atom. The Morgan fingerprint density at radius 1 is 2.00 bits per heavy atom. The van der Waals surface area contributed by atoms with E-state index in [1.807, 2.05) is 0 Å². The summed E-state index contributed by atoms with van der Waals surface area (Å²) in [5.74, 6) is 0. The second-order valence-corrected chi connectivity index (χ2v) is 1.65. The molecule has 0 aromatic carbocycles. The van der Waals surface area contributed by atoms with Crippen LogP contribution < -0.4 is 0 Å². The molecule has 0 aromatic heterocycles. The molecule has 0 fully saturated rings. The minimum Gasteiger partial charge on any atom is -0.390 e. The summed E-state index contributed by atoms with van der Waals surface area (Å²) in [5, 5.41) is 17.4. The molecule has 0 amide bonds. The van der Waals surface area contributed by atoms with Crippen molar-refractivity contribution in [2.45, 2.75) is 26.0 Å². The van der Waals surface area contributed by atoms with Crippen molar-refractivity contribution in [2.24, 2.45) is 0 Å². The molecule has 0 aliphatic heterocycles. The van der Waals surface area contributed by atoms with Gasteiger partial charge < -0.3 is 5.11 Å². The Bertz CT molecular complexity index is 193. The minimum atomic E-state index is -2.57. The van der Waals surface area contributed by atoms with Crippen LogP contribution in [0.15, 0.2) is 12.2 Å². The zero-order valence-corrected chi connectivity index (χ0v) is 5.09. The summed E-state index contributed by atoms with van der Waals surface area (Å²) in [6.07, 6.45) is -3.89. The first-order valence-electron chi connectivity index (χ1n) is 4.32. The number of hydrogen-bond acceptors (Lipinski definition) is 3. The zero-order valence-electron chi connectivity index (χ0n) is 9.09. The standard InChI is InChI=1S/C6H12O3/c1-4(2)6(9-8)5(3)7/h5-8H,1H2,2-3H3/t5-,6+/m0/s1/i2D3,5D. The molecule has 9 heavy (non-hydrogen) atoms. The van der Waals surface area contributed by atoms with Crippen molar-refractivity contribution >= 4 is 0 Å². The third-order valence-electron chi connectivity index (χ3n) is 0.801. The van der Waals surface area contributed by atoms with Gasteiger partial charge in [-0.05, 0) is 19.3 Å². The molecule has 0 spiro atoms. The lowest BCUT2D eigenvalue weighted by molar-refractivity contribution is -0.284. The van der Waals surface area contributed by atoms with Crippen molar-refractivity contribution in [1.82, 2.24) is 0 Å². The average Bonchev–Trinajstić information content (AvgIpc) is 1.83. The highest BCUT2D eigenvalue weighted by Crippen LogP contribution is 2.06. The van der Waals surface area contributed by atoms with Gasteiger partial charge in [-0.15, -0.1) is 0 Å². The van der Waals surface area contributed by atoms with Crippen LogP contribution in [0.25, 0.3) is 0 Å². The third kappa shape index (κ3) is 2.60. The van der Waals surface area contributed by atoms with Crippen LogP contribution in [0.5, 0.6) is 0 Å². The Hall–Kier alpha value is -0.380. The van der Waals surface area contributed by atoms with Gasteiger partial charge >= 0.3 is 0 Å². The van der Waals surface area contributed by atoms with Crippen molar-refractivity contribution in [3.8, 4) is 0 Å². The van der Waals surface area contributed by atoms with Crippen LogP contribution in [-0.2, 0) is 4.89 Å². The van der Waals surface area contributed by atoms with E-state index >= 15 is 0 Å². The van der Waals surface area contributed by atoms with Crippen LogP contribution in [0, 0.1) is 0 Å². The van der Waals surface area contributed by atoms with E-state index in [9.17, 15) is 0 Å². The summed E-state index contributed by atoms with van der Waals surface area (Å²) in [7, 11) is 0. The molecule has 0 bridgehead atoms. The first-order valence-corrected chi connectivity index (χ1v) is 2.32. The first kappa shape index (κ1) is 3.71. The van der Waals surface area contributed by atoms with E-state index in [2.05, 4.69) is 11.5 Å². The predicted octanol–water partition coefficient (Wildman–Crippen LogP) is 0.801. The molecule has 2 atom stereocenters. The molecule has 0 saturated heterocycles. The fraction of sp³-hybridized carbons (Fsp3) is 0.667. The monoisotopic (exact) mass is 136 g/mol. The van der Waals surface area contributed by atoms with Gasteiger partial charge in [0, 0.05) is 4.11 Å². The van der Waals surface area contributed by atoms with Crippen LogP contribution >= 0.6 is 0 Å². The topological polar surface area (TPSA) is 49.7 Å². The minimum absolute atomic E-state index is 0.519. The molecule has 0 aliphatic carbocycles. The summed E-state index contributed by atoms with van der Waals surface area (Å²) in [6, 6.07) is 0. The number of aliphatic hydroxyl groups is 1. The van der Waals surface area contributed by atoms with E-state index in [1.165, 1.54) is 0 Å². The predicted molar refractivity (Wildman–Crippen MR) is 34.0 cm³/mol. The lowest BCUT2D eigenvalue weighted by atomic mass is 10.1. The maximum atomic E-state index is 9.08. The molecule has 0 aliphatic rings. The van der Waals surface area contributed by atoms with Crippen molar-refractivity contribution in [1.29, 1.82) is 0 Å². The van der Waals surface area contributed by atoms with E-state index in [1.54, 1.807) is 0 Å². The van der Waals surface area contributed by atoms with Gasteiger partial charge in [-0.1, -0.05) is 6.58 Å². The smallest absolute Gasteiger partial charge is 0.139 e. The molecule has 0 aromatic rings. The van der Waals surface area contributed by atoms with Gasteiger partial charge in [0.2, 0.25) is 0 Å². The van der Waals surface area contributed by atoms with Crippen LogP contribution in [-0.4, -0.2) is 22.5 Å². The van der Waals surface area contributed by atoms with E-state index < -0.39 is 24.6 Å². The molecule has 0 rings (SSSR count). The average molecular weight is 136 g/mol. The van der Waals surface area contributed by atoms with E-state index in [4.69, 9.17) is 15.8 Å². The lowest BCUT2D eigenvalue weighted by Gasteiger charge is -2.15. The van der Waals surface area contributed by atoms with Gasteiger partial charge in [0.25, 0.3) is 0 Å². The van der Waals surface area contributed by atoms with E-state index in [-0.39, 0.29) is 0 Å². The maximum absolute atomic E-state index is 9.08. The second-order valence-electron chi connectivity index (χ2n) is 1.65. The number of hydrogen-bond donors (Lipinski definition) is 2. The van der Waals surface area contributed by atoms with Crippen molar-refractivity contribution < 1.29 is 20.7 Å². The Morgan fingerprint density at radius 2 is 2.56 bits per heavy atom. The Kier molecular flexibility index (Phi) is 1.49. The highest BCUT2D eigenvalue weighted by atomic mass is 17.1. The fourth-order valence-electron chi connectivity index (χ4n) is 0.392. The van der Waals surface area contributed by atoms with Gasteiger partial charge in [-0.25, -0.2) is 4.89 Å². The highest BCUT2D eigenvalue weighted by Gasteiger charge is 2.15. The molecule has 3 heteroatoms. The van der Waals surface area contributed by atoms with Gasteiger partial charge in [0.1, 0.15) is 6.10 Å². The van der Waals surface area contributed by atoms with Crippen molar-refractivity contribution in [3.63, 3.8) is 0 Å². The summed E-state index contributed by atoms with van der Waals surface area (Å²) in [6.45, 7) is 1.56. The summed E-state index contributed by atoms with van der Waals surface area (Å²) in [5.41, 5.74) is -0.519. The Labute approximate surface area is 60.1 Å². The maximum Gasteiger partial charge on any atom is 0.139 e. The second kappa shape index (κ2) is 3.61. The summed E-state index contributed by atoms with van der Waals surface area (Å²) < 4.78 is 27.8. The van der Waals surface area contributed by atoms with Gasteiger partial charge in [-0.3, -0.25) is 5.26 Å². The first-order chi connectivity index (χ1) is 5.60. The Balaban J connectivity index is 4.72. The molecule has 0 heterocycles. The SMILES string of the molecule is [2H]C([2H])([2H])C(=C)[C@@H](OO)[C@]([2H])(C)O. The molecular formula is C6H12O3. The normalized spacial score (nSPS) is 28.3. The van der Waals surface area contributed by atoms with Gasteiger partial charge in [0.15, 0.2) is 0 Å². The van der Waals surface area contributed by atoms with Crippen LogP contribution in [0.2, 0.25) is 0 Å². The van der Waals surface area contributed by atoms with Crippen molar-refractivity contribution in [3.05, 3.63) is 12.2 Å². The van der Waals surface area contributed by atoms with Gasteiger partial charge in [0.05, 0.1) is 7.45 Å². The molecule has 3 nitrogen and oxygen atoms in total. The number of rotatable bonds is 3. The fourth-order valence-corrected chi connectivity index (χ4v) is 0.392. The molecule has 0 unspecified atom stereocenters. The molecule has 2 N–H and O–H groups in total. The molecule has 0 saturated carbocycles. The van der Waals surface area contributed by atoms with Crippen LogP contribution in [0.1, 0.15) is 19.3 Å². The third-order valence-corrected chi connectivity index (χ3v) is 0.801. The zero-order chi connectivity index (χ0) is 10.9. The molecule has 54 valence electrons. The van der Waals surface area contributed by atoms with E-state index in [0.717, 1.165) is 6.92 Å². The highest BCUT2D eigenvalue weighted by molar-refractivity contribution is 4.99. The van der Waals surface area contributed by atoms with Crippen LogP contribution in [0.3, 0.4) is 0 Å². The largest absolute Gasteiger partial charge is 0.390 e. The lowest BCUT2D eigenvalue weighted by Crippen LogP contribution is -2.25. The van der Waals surface area contributed by atoms with Gasteiger partial charge in [-0.2, -0.15) is 0 Å². The van der Waals surface area contributed by atoms with E-state index in [0.29, 0.717) is 0 Å². The summed E-state index contributed by atoms with van der Waals surface area (Å²) in [4.78, 5) is 3.71. The van der Waals surface area contributed by atoms with Crippen molar-refractivity contribution in [2.75, 3.05) is 0 Å². The quantitative estimate of drug-likeness (QED) is 0.343. The molecular weight excluding hydrogens is 120 g/mol. The molecule has 0 radical (unpaired) electrons. The summed E-state index contributed by atoms with van der Waals surface area (Å²) >= 11 is 0. The van der Waals surface area contributed by atoms with Crippen LogP contribution in [0.4, 0.5) is 0 Å².